The molecule has 0 aromatic carbocycles. The third kappa shape index (κ3) is 2.99. The Kier molecular flexibility index (Phi) is 3.67. The number of rotatable bonds is 3. The van der Waals surface area contributed by atoms with Crippen molar-refractivity contribution < 1.29 is 9.59 Å². The topological polar surface area (TPSA) is 47.0 Å². The van der Waals surface area contributed by atoms with Crippen LogP contribution in [0, 0.1) is 11.8 Å². The number of ketones is 2. The van der Waals surface area contributed by atoms with E-state index in [1.807, 2.05) is 0 Å². The molecule has 0 amide bonds. The van der Waals surface area contributed by atoms with Crippen LogP contribution >= 0.6 is 0 Å². The van der Waals surface area contributed by atoms with Crippen molar-refractivity contribution in [2.45, 2.75) is 32.6 Å². The van der Waals surface area contributed by atoms with E-state index in [1.54, 1.807) is 24.4 Å². The molecule has 0 N–H and O–H groups in total. The van der Waals surface area contributed by atoms with E-state index in [4.69, 9.17) is 0 Å². The summed E-state index contributed by atoms with van der Waals surface area (Å²) >= 11 is 0. The summed E-state index contributed by atoms with van der Waals surface area (Å²) in [5, 5.41) is 0. The van der Waals surface area contributed by atoms with E-state index < -0.39 is 0 Å². The van der Waals surface area contributed by atoms with E-state index in [0.717, 1.165) is 12.8 Å². The van der Waals surface area contributed by atoms with Gasteiger partial charge in [0.25, 0.3) is 0 Å². The predicted octanol–water partition coefficient (Wildman–Crippen LogP) is 2.66. The van der Waals surface area contributed by atoms with Crippen LogP contribution in [0.2, 0.25) is 0 Å². The average Bonchev–Trinajstić information content (AvgIpc) is 2.35. The molecule has 90 valence electrons. The van der Waals surface area contributed by atoms with E-state index in [0.29, 0.717) is 24.5 Å². The quantitative estimate of drug-likeness (QED) is 0.751. The lowest BCUT2D eigenvalue weighted by Crippen LogP contribution is -2.26. The number of carbonyl (C=O) groups is 2. The van der Waals surface area contributed by atoms with E-state index in [1.165, 1.54) is 0 Å². The van der Waals surface area contributed by atoms with Crippen molar-refractivity contribution in [1.82, 2.24) is 4.98 Å². The van der Waals surface area contributed by atoms with Crippen LogP contribution in [0.4, 0.5) is 0 Å². The third-order valence-electron chi connectivity index (χ3n) is 3.41. The standard InChI is InChI=1S/C14H17NO2/c1-10-5-6-13(16)11(8-10)9-14(17)12-4-2-3-7-15-12/h2-4,7,10-11H,5-6,8-9H2,1H3. The Labute approximate surface area is 101 Å². The van der Waals surface area contributed by atoms with E-state index in [9.17, 15) is 9.59 Å². The highest BCUT2D eigenvalue weighted by atomic mass is 16.1. The average molecular weight is 231 g/mol. The number of nitrogens with zero attached hydrogens (tertiary/aromatic N) is 1. The molecule has 1 aliphatic carbocycles. The van der Waals surface area contributed by atoms with Crippen molar-refractivity contribution in [2.24, 2.45) is 11.8 Å². The fourth-order valence-electron chi connectivity index (χ4n) is 2.38. The second-order valence-corrected chi connectivity index (χ2v) is 4.89. The lowest BCUT2D eigenvalue weighted by atomic mass is 9.79. The maximum atomic E-state index is 12.0. The molecule has 2 rings (SSSR count). The molecule has 1 heterocycles. The minimum atomic E-state index is -0.0896. The van der Waals surface area contributed by atoms with Gasteiger partial charge >= 0.3 is 0 Å². The fourth-order valence-corrected chi connectivity index (χ4v) is 2.38. The molecule has 1 aromatic rings. The van der Waals surface area contributed by atoms with Gasteiger partial charge in [-0.1, -0.05) is 13.0 Å². The number of aromatic nitrogens is 1. The summed E-state index contributed by atoms with van der Waals surface area (Å²) in [5.41, 5.74) is 0.471. The maximum Gasteiger partial charge on any atom is 0.181 e. The summed E-state index contributed by atoms with van der Waals surface area (Å²) in [5.74, 6) is 0.688. The van der Waals surface area contributed by atoms with Crippen molar-refractivity contribution in [3.63, 3.8) is 0 Å². The van der Waals surface area contributed by atoms with Crippen LogP contribution in [0.1, 0.15) is 43.1 Å². The van der Waals surface area contributed by atoms with E-state index in [-0.39, 0.29) is 17.5 Å². The molecule has 0 bridgehead atoms. The Morgan fingerprint density at radius 3 is 3.00 bits per heavy atom. The Hall–Kier alpha value is -1.51. The molecule has 1 fully saturated rings. The van der Waals surface area contributed by atoms with Gasteiger partial charge in [0.1, 0.15) is 11.5 Å². The van der Waals surface area contributed by atoms with Crippen LogP contribution in [-0.2, 0) is 4.79 Å². The first kappa shape index (κ1) is 12.0. The van der Waals surface area contributed by atoms with Gasteiger partial charge in [0.05, 0.1) is 0 Å². The minimum Gasteiger partial charge on any atom is -0.299 e. The normalized spacial score (nSPS) is 24.6. The van der Waals surface area contributed by atoms with Gasteiger partial charge < -0.3 is 0 Å². The summed E-state index contributed by atoms with van der Waals surface area (Å²) in [6.07, 6.45) is 4.37. The molecule has 0 aliphatic heterocycles. The Balaban J connectivity index is 2.01. The highest BCUT2D eigenvalue weighted by Gasteiger charge is 2.28. The molecular formula is C14H17NO2. The van der Waals surface area contributed by atoms with Gasteiger partial charge in [-0.3, -0.25) is 14.6 Å². The molecule has 2 unspecified atom stereocenters. The summed E-state index contributed by atoms with van der Waals surface area (Å²) in [6, 6.07) is 5.29. The first-order valence-electron chi connectivity index (χ1n) is 6.13. The van der Waals surface area contributed by atoms with Crippen LogP contribution < -0.4 is 0 Å². The van der Waals surface area contributed by atoms with Crippen LogP contribution in [-0.4, -0.2) is 16.6 Å². The molecule has 2 atom stereocenters. The van der Waals surface area contributed by atoms with Gasteiger partial charge in [-0.15, -0.1) is 0 Å². The van der Waals surface area contributed by atoms with Gasteiger partial charge in [0, 0.05) is 25.0 Å². The monoisotopic (exact) mass is 231 g/mol. The SMILES string of the molecule is CC1CCC(=O)C(CC(=O)c2ccccn2)C1. The first-order valence-corrected chi connectivity index (χ1v) is 6.13. The largest absolute Gasteiger partial charge is 0.299 e. The zero-order valence-electron chi connectivity index (χ0n) is 10.1. The second kappa shape index (κ2) is 5.21. The van der Waals surface area contributed by atoms with Crippen molar-refractivity contribution in [3.05, 3.63) is 30.1 Å². The van der Waals surface area contributed by atoms with Gasteiger partial charge in [0.2, 0.25) is 0 Å². The number of Topliss-reactive ketones (excluding diaryl/α,β-unsaturated/α-hetero) is 2. The van der Waals surface area contributed by atoms with Crippen molar-refractivity contribution in [1.29, 1.82) is 0 Å². The molecular weight excluding hydrogens is 214 g/mol. The Morgan fingerprint density at radius 2 is 2.29 bits per heavy atom. The van der Waals surface area contributed by atoms with Gasteiger partial charge in [-0.05, 0) is 30.9 Å². The fraction of sp³-hybridized carbons (Fsp3) is 0.500. The number of pyridine rings is 1. The lowest BCUT2D eigenvalue weighted by molar-refractivity contribution is -0.125. The van der Waals surface area contributed by atoms with E-state index in [2.05, 4.69) is 11.9 Å². The Morgan fingerprint density at radius 1 is 1.47 bits per heavy atom. The number of hydrogen-bond acceptors (Lipinski definition) is 3. The number of hydrogen-bond donors (Lipinski definition) is 0. The molecule has 3 nitrogen and oxygen atoms in total. The van der Waals surface area contributed by atoms with Gasteiger partial charge in [0.15, 0.2) is 5.78 Å². The summed E-state index contributed by atoms with van der Waals surface area (Å²) < 4.78 is 0. The summed E-state index contributed by atoms with van der Waals surface area (Å²) in [7, 11) is 0. The predicted molar refractivity (Wildman–Crippen MR) is 64.7 cm³/mol. The summed E-state index contributed by atoms with van der Waals surface area (Å²) in [4.78, 5) is 27.7. The van der Waals surface area contributed by atoms with Crippen molar-refractivity contribution in [2.75, 3.05) is 0 Å². The second-order valence-electron chi connectivity index (χ2n) is 4.89. The molecule has 0 spiro atoms. The van der Waals surface area contributed by atoms with Gasteiger partial charge in [-0.25, -0.2) is 0 Å². The highest BCUT2D eigenvalue weighted by molar-refractivity contribution is 5.97. The Bertz CT molecular complexity index is 413. The first-order chi connectivity index (χ1) is 8.16. The third-order valence-corrected chi connectivity index (χ3v) is 3.41. The van der Waals surface area contributed by atoms with Crippen LogP contribution in [0.15, 0.2) is 24.4 Å². The highest BCUT2D eigenvalue weighted by Crippen LogP contribution is 2.28. The minimum absolute atomic E-state index is 0.0157. The zero-order chi connectivity index (χ0) is 12.3. The summed E-state index contributed by atoms with van der Waals surface area (Å²) in [6.45, 7) is 2.14. The smallest absolute Gasteiger partial charge is 0.181 e. The van der Waals surface area contributed by atoms with Crippen LogP contribution in [0.5, 0.6) is 0 Å². The molecule has 1 aromatic heterocycles. The molecule has 1 aliphatic rings. The molecule has 17 heavy (non-hydrogen) atoms. The zero-order valence-corrected chi connectivity index (χ0v) is 10.1. The molecule has 1 saturated carbocycles. The molecule has 0 saturated heterocycles. The van der Waals surface area contributed by atoms with Crippen LogP contribution in [0.3, 0.4) is 0 Å². The lowest BCUT2D eigenvalue weighted by Gasteiger charge is -2.24. The van der Waals surface area contributed by atoms with Crippen molar-refractivity contribution in [3.8, 4) is 0 Å². The van der Waals surface area contributed by atoms with Crippen LogP contribution in [0.25, 0.3) is 0 Å². The van der Waals surface area contributed by atoms with E-state index >= 15 is 0 Å². The van der Waals surface area contributed by atoms with Gasteiger partial charge in [-0.2, -0.15) is 0 Å². The molecule has 3 heteroatoms. The van der Waals surface area contributed by atoms with Crippen molar-refractivity contribution >= 4 is 11.6 Å². The number of carbonyl (C=O) groups excluding carboxylic acids is 2. The molecule has 0 radical (unpaired) electrons. The maximum absolute atomic E-state index is 12.0.